The quantitative estimate of drug-likeness (QED) is 0.657. The first kappa shape index (κ1) is 19.0. The van der Waals surface area contributed by atoms with Gasteiger partial charge in [-0.05, 0) is 37.1 Å². The van der Waals surface area contributed by atoms with E-state index in [9.17, 15) is 9.59 Å². The first-order valence-corrected chi connectivity index (χ1v) is 8.63. The van der Waals surface area contributed by atoms with Crippen molar-refractivity contribution in [3.63, 3.8) is 0 Å². The summed E-state index contributed by atoms with van der Waals surface area (Å²) in [6.45, 7) is 3.86. The molecule has 142 valence electrons. The number of para-hydroxylation sites is 2. The van der Waals surface area contributed by atoms with Gasteiger partial charge in [-0.25, -0.2) is 14.8 Å². The Morgan fingerprint density at radius 2 is 1.68 bits per heavy atom. The van der Waals surface area contributed by atoms with Crippen molar-refractivity contribution in [1.82, 2.24) is 9.97 Å². The number of anilines is 3. The van der Waals surface area contributed by atoms with Crippen molar-refractivity contribution in [3.05, 3.63) is 77.2 Å². The van der Waals surface area contributed by atoms with Crippen LogP contribution in [0, 0.1) is 13.8 Å². The molecule has 0 fully saturated rings. The van der Waals surface area contributed by atoms with Crippen LogP contribution in [-0.2, 0) is 4.74 Å². The summed E-state index contributed by atoms with van der Waals surface area (Å²) in [7, 11) is 1.32. The number of benzene rings is 2. The molecule has 3 rings (SSSR count). The average Bonchev–Trinajstić information content (AvgIpc) is 2.71. The molecular weight excluding hydrogens is 356 g/mol. The van der Waals surface area contributed by atoms with Crippen molar-refractivity contribution in [2.24, 2.45) is 0 Å². The van der Waals surface area contributed by atoms with E-state index in [1.165, 1.54) is 19.5 Å². The molecule has 0 saturated heterocycles. The van der Waals surface area contributed by atoms with Gasteiger partial charge in [0.2, 0.25) is 0 Å². The highest BCUT2D eigenvalue weighted by molar-refractivity contribution is 6.04. The second-order valence-corrected chi connectivity index (χ2v) is 6.17. The minimum Gasteiger partial charge on any atom is -0.465 e. The third-order valence-electron chi connectivity index (χ3n) is 4.21. The molecule has 1 aromatic heterocycles. The topological polar surface area (TPSA) is 93.2 Å². The van der Waals surface area contributed by atoms with E-state index in [2.05, 4.69) is 20.6 Å². The predicted molar refractivity (Wildman–Crippen MR) is 107 cm³/mol. The number of aromatic nitrogens is 2. The molecule has 0 unspecified atom stereocenters. The van der Waals surface area contributed by atoms with Gasteiger partial charge in [0.05, 0.1) is 18.4 Å². The summed E-state index contributed by atoms with van der Waals surface area (Å²) in [6, 6.07) is 14.2. The van der Waals surface area contributed by atoms with Crippen LogP contribution in [0.4, 0.5) is 17.2 Å². The Morgan fingerprint density at radius 1 is 0.964 bits per heavy atom. The van der Waals surface area contributed by atoms with E-state index in [1.807, 2.05) is 32.0 Å². The molecule has 0 spiro atoms. The highest BCUT2D eigenvalue weighted by Crippen LogP contribution is 2.22. The van der Waals surface area contributed by atoms with E-state index in [-0.39, 0.29) is 11.6 Å². The number of nitrogens with one attached hydrogen (secondary N) is 2. The van der Waals surface area contributed by atoms with Crippen molar-refractivity contribution in [2.75, 3.05) is 17.7 Å². The Balaban J connectivity index is 1.83. The third-order valence-corrected chi connectivity index (χ3v) is 4.21. The third kappa shape index (κ3) is 4.15. The molecule has 7 heteroatoms. The van der Waals surface area contributed by atoms with Crippen molar-refractivity contribution < 1.29 is 14.3 Å². The molecule has 0 radical (unpaired) electrons. The highest BCUT2D eigenvalue weighted by atomic mass is 16.5. The standard InChI is InChI=1S/C21H20N4O3/c1-13-7-6-8-14(2)19(13)25-20(26)17-11-18(23-12-22-17)24-16-10-5-4-9-15(16)21(27)28-3/h4-12H,1-3H3,(H,25,26)(H,22,23,24). The molecule has 0 saturated carbocycles. The predicted octanol–water partition coefficient (Wildman–Crippen LogP) is 3.88. The van der Waals surface area contributed by atoms with Gasteiger partial charge in [0.1, 0.15) is 17.8 Å². The minimum absolute atomic E-state index is 0.204. The zero-order valence-corrected chi connectivity index (χ0v) is 15.8. The second kappa shape index (κ2) is 8.30. The normalized spacial score (nSPS) is 10.2. The fourth-order valence-electron chi connectivity index (χ4n) is 2.76. The molecule has 0 aliphatic heterocycles. The van der Waals surface area contributed by atoms with E-state index in [0.717, 1.165) is 16.8 Å². The van der Waals surface area contributed by atoms with E-state index in [4.69, 9.17) is 4.74 Å². The number of ether oxygens (including phenoxy) is 1. The van der Waals surface area contributed by atoms with Crippen LogP contribution in [0.15, 0.2) is 54.9 Å². The number of carbonyl (C=O) groups excluding carboxylic acids is 2. The molecule has 3 aromatic rings. The smallest absolute Gasteiger partial charge is 0.339 e. The fraction of sp³-hybridized carbons (Fsp3) is 0.143. The highest BCUT2D eigenvalue weighted by Gasteiger charge is 2.14. The number of hydrogen-bond acceptors (Lipinski definition) is 6. The SMILES string of the molecule is COC(=O)c1ccccc1Nc1cc(C(=O)Nc2c(C)cccc2C)ncn1. The summed E-state index contributed by atoms with van der Waals surface area (Å²) in [5.41, 5.74) is 3.78. The van der Waals surface area contributed by atoms with Crippen LogP contribution in [0.2, 0.25) is 0 Å². The molecule has 0 aliphatic rings. The van der Waals surface area contributed by atoms with E-state index in [0.29, 0.717) is 17.1 Å². The maximum absolute atomic E-state index is 12.6. The second-order valence-electron chi connectivity index (χ2n) is 6.17. The van der Waals surface area contributed by atoms with Crippen LogP contribution in [-0.4, -0.2) is 29.0 Å². The van der Waals surface area contributed by atoms with Crippen LogP contribution in [0.1, 0.15) is 32.0 Å². The van der Waals surface area contributed by atoms with Gasteiger partial charge in [-0.2, -0.15) is 0 Å². The molecule has 1 amide bonds. The Kier molecular flexibility index (Phi) is 5.64. The number of hydrogen-bond donors (Lipinski definition) is 2. The molecule has 0 aliphatic carbocycles. The van der Waals surface area contributed by atoms with Crippen molar-refractivity contribution >= 4 is 29.1 Å². The molecule has 2 aromatic carbocycles. The van der Waals surface area contributed by atoms with Gasteiger partial charge >= 0.3 is 5.97 Å². The first-order chi connectivity index (χ1) is 13.5. The fourth-order valence-corrected chi connectivity index (χ4v) is 2.76. The zero-order valence-electron chi connectivity index (χ0n) is 15.8. The lowest BCUT2D eigenvalue weighted by Gasteiger charge is -2.12. The van der Waals surface area contributed by atoms with Crippen LogP contribution in [0.3, 0.4) is 0 Å². The number of carbonyl (C=O) groups is 2. The average molecular weight is 376 g/mol. The van der Waals surface area contributed by atoms with Gasteiger partial charge in [-0.3, -0.25) is 4.79 Å². The van der Waals surface area contributed by atoms with E-state index in [1.54, 1.807) is 24.3 Å². The molecule has 0 bridgehead atoms. The van der Waals surface area contributed by atoms with Gasteiger partial charge in [-0.15, -0.1) is 0 Å². The number of nitrogens with zero attached hydrogens (tertiary/aromatic N) is 2. The zero-order chi connectivity index (χ0) is 20.1. The van der Waals surface area contributed by atoms with Crippen molar-refractivity contribution in [2.45, 2.75) is 13.8 Å². The number of methoxy groups -OCH3 is 1. The van der Waals surface area contributed by atoms with Gasteiger partial charge in [-0.1, -0.05) is 30.3 Å². The lowest BCUT2D eigenvalue weighted by Crippen LogP contribution is -2.16. The van der Waals surface area contributed by atoms with Crippen LogP contribution in [0.25, 0.3) is 0 Å². The first-order valence-electron chi connectivity index (χ1n) is 8.63. The molecule has 2 N–H and O–H groups in total. The Hall–Kier alpha value is -3.74. The van der Waals surface area contributed by atoms with Gasteiger partial charge < -0.3 is 15.4 Å². The molecule has 28 heavy (non-hydrogen) atoms. The minimum atomic E-state index is -0.467. The Labute approximate surface area is 162 Å². The van der Waals surface area contributed by atoms with Gasteiger partial charge in [0, 0.05) is 11.8 Å². The molecule has 0 atom stereocenters. The number of esters is 1. The van der Waals surface area contributed by atoms with Crippen LogP contribution in [0.5, 0.6) is 0 Å². The number of amides is 1. The lowest BCUT2D eigenvalue weighted by atomic mass is 10.1. The van der Waals surface area contributed by atoms with Crippen LogP contribution >= 0.6 is 0 Å². The Morgan fingerprint density at radius 3 is 2.39 bits per heavy atom. The molecule has 1 heterocycles. The summed E-state index contributed by atoms with van der Waals surface area (Å²) < 4.78 is 4.79. The molecular formula is C21H20N4O3. The van der Waals surface area contributed by atoms with Crippen LogP contribution < -0.4 is 10.6 Å². The van der Waals surface area contributed by atoms with Crippen molar-refractivity contribution in [1.29, 1.82) is 0 Å². The largest absolute Gasteiger partial charge is 0.465 e. The van der Waals surface area contributed by atoms with Crippen molar-refractivity contribution in [3.8, 4) is 0 Å². The summed E-state index contributed by atoms with van der Waals surface area (Å²) in [6.07, 6.45) is 1.29. The summed E-state index contributed by atoms with van der Waals surface area (Å²) in [5, 5.41) is 5.93. The maximum atomic E-state index is 12.6. The van der Waals surface area contributed by atoms with Gasteiger partial charge in [0.25, 0.3) is 5.91 Å². The van der Waals surface area contributed by atoms with E-state index >= 15 is 0 Å². The monoisotopic (exact) mass is 376 g/mol. The summed E-state index contributed by atoms with van der Waals surface area (Å²) >= 11 is 0. The summed E-state index contributed by atoms with van der Waals surface area (Å²) in [5.74, 6) is -0.424. The lowest BCUT2D eigenvalue weighted by molar-refractivity contribution is 0.0601. The maximum Gasteiger partial charge on any atom is 0.339 e. The summed E-state index contributed by atoms with van der Waals surface area (Å²) in [4.78, 5) is 32.7. The Bertz CT molecular complexity index is 1010. The number of aryl methyl sites for hydroxylation is 2. The molecule has 7 nitrogen and oxygen atoms in total. The number of rotatable bonds is 5. The van der Waals surface area contributed by atoms with Gasteiger partial charge in [0.15, 0.2) is 0 Å². The van der Waals surface area contributed by atoms with E-state index < -0.39 is 5.97 Å².